The fraction of sp³-hybridized carbons (Fsp3) is 0.579. The van der Waals surface area contributed by atoms with Crippen molar-refractivity contribution in [3.05, 3.63) is 30.1 Å². The van der Waals surface area contributed by atoms with Crippen molar-refractivity contribution >= 4 is 16.9 Å². The number of nitrogens with zero attached hydrogens (tertiary/aromatic N) is 4. The summed E-state index contributed by atoms with van der Waals surface area (Å²) in [6.07, 6.45) is 0.199. The van der Waals surface area contributed by atoms with Crippen molar-refractivity contribution in [3.63, 3.8) is 0 Å². The van der Waals surface area contributed by atoms with Crippen LogP contribution in [0.1, 0.15) is 26.6 Å². The number of rotatable bonds is 5. The van der Waals surface area contributed by atoms with E-state index in [2.05, 4.69) is 17.6 Å². The van der Waals surface area contributed by atoms with Crippen LogP contribution in [0.2, 0.25) is 0 Å². The maximum Gasteiger partial charge on any atom is 0.236 e. The molecule has 1 aromatic carbocycles. The van der Waals surface area contributed by atoms with Crippen LogP contribution in [-0.2, 0) is 22.6 Å². The topological polar surface area (TPSA) is 50.6 Å². The van der Waals surface area contributed by atoms with Gasteiger partial charge in [0.1, 0.15) is 5.82 Å². The Kier molecular flexibility index (Phi) is 5.39. The fourth-order valence-electron chi connectivity index (χ4n) is 3.61. The molecule has 6 nitrogen and oxygen atoms in total. The van der Waals surface area contributed by atoms with Crippen LogP contribution in [0.5, 0.6) is 0 Å². The Hall–Kier alpha value is -1.92. The van der Waals surface area contributed by atoms with E-state index in [-0.39, 0.29) is 18.1 Å². The van der Waals surface area contributed by atoms with E-state index >= 15 is 0 Å². The molecule has 0 N–H and O–H groups in total. The van der Waals surface area contributed by atoms with Crippen LogP contribution in [0.25, 0.3) is 11.0 Å². The predicted molar refractivity (Wildman–Crippen MR) is 98.3 cm³/mol. The van der Waals surface area contributed by atoms with Crippen LogP contribution in [0.15, 0.2) is 24.3 Å². The van der Waals surface area contributed by atoms with Gasteiger partial charge in [0.05, 0.1) is 36.3 Å². The molecule has 2 atom stereocenters. The van der Waals surface area contributed by atoms with E-state index in [4.69, 9.17) is 9.72 Å². The van der Waals surface area contributed by atoms with E-state index in [0.717, 1.165) is 23.4 Å². The summed E-state index contributed by atoms with van der Waals surface area (Å²) in [5.74, 6) is 1.16. The molecule has 1 aromatic heterocycles. The largest absolute Gasteiger partial charge is 0.372 e. The fourth-order valence-corrected chi connectivity index (χ4v) is 3.61. The summed E-state index contributed by atoms with van der Waals surface area (Å²) in [5, 5.41) is 0. The Morgan fingerprint density at radius 3 is 2.64 bits per heavy atom. The van der Waals surface area contributed by atoms with Gasteiger partial charge in [-0.1, -0.05) is 12.1 Å². The summed E-state index contributed by atoms with van der Waals surface area (Å²) in [5.41, 5.74) is 2.16. The number of amides is 1. The molecule has 0 saturated carbocycles. The first-order chi connectivity index (χ1) is 12.0. The molecule has 0 bridgehead atoms. The summed E-state index contributed by atoms with van der Waals surface area (Å²) in [6.45, 7) is 9.42. The molecular weight excluding hydrogens is 316 g/mol. The molecule has 1 amide bonds. The number of hydrogen-bond acceptors (Lipinski definition) is 4. The Balaban J connectivity index is 1.66. The maximum absolute atomic E-state index is 12.6. The summed E-state index contributed by atoms with van der Waals surface area (Å²) >= 11 is 0. The van der Waals surface area contributed by atoms with Crippen molar-refractivity contribution in [2.75, 3.05) is 26.7 Å². The number of hydrogen-bond donors (Lipinski definition) is 0. The van der Waals surface area contributed by atoms with Crippen molar-refractivity contribution in [1.82, 2.24) is 19.4 Å². The first-order valence-electron chi connectivity index (χ1n) is 9.03. The molecule has 6 heteroatoms. The molecule has 136 valence electrons. The van der Waals surface area contributed by atoms with Crippen molar-refractivity contribution in [2.24, 2.45) is 0 Å². The Morgan fingerprint density at radius 2 is 1.96 bits per heavy atom. The summed E-state index contributed by atoms with van der Waals surface area (Å²) in [4.78, 5) is 21.3. The predicted octanol–water partition coefficient (Wildman–Crippen LogP) is 2.12. The smallest absolute Gasteiger partial charge is 0.236 e. The third kappa shape index (κ3) is 4.02. The average molecular weight is 344 g/mol. The highest BCUT2D eigenvalue weighted by atomic mass is 16.5. The van der Waals surface area contributed by atoms with Crippen LogP contribution < -0.4 is 0 Å². The zero-order chi connectivity index (χ0) is 18.0. The minimum Gasteiger partial charge on any atom is -0.372 e. The average Bonchev–Trinajstić information content (AvgIpc) is 2.90. The molecule has 0 unspecified atom stereocenters. The molecule has 1 aliphatic heterocycles. The van der Waals surface area contributed by atoms with Crippen molar-refractivity contribution in [1.29, 1.82) is 0 Å². The summed E-state index contributed by atoms with van der Waals surface area (Å²) in [7, 11) is 1.98. The van der Waals surface area contributed by atoms with Gasteiger partial charge in [-0.2, -0.15) is 0 Å². The van der Waals surface area contributed by atoms with Crippen LogP contribution >= 0.6 is 0 Å². The van der Waals surface area contributed by atoms with Crippen molar-refractivity contribution in [2.45, 2.75) is 46.1 Å². The van der Waals surface area contributed by atoms with Gasteiger partial charge in [0.2, 0.25) is 5.91 Å². The van der Waals surface area contributed by atoms with Gasteiger partial charge in [0.25, 0.3) is 0 Å². The van der Waals surface area contributed by atoms with Crippen LogP contribution in [0.3, 0.4) is 0 Å². The zero-order valence-corrected chi connectivity index (χ0v) is 15.6. The second kappa shape index (κ2) is 7.54. The van der Waals surface area contributed by atoms with Gasteiger partial charge >= 0.3 is 0 Å². The first kappa shape index (κ1) is 17.9. The van der Waals surface area contributed by atoms with Gasteiger partial charge in [0, 0.05) is 19.6 Å². The minimum absolute atomic E-state index is 0.0993. The number of aryl methyl sites for hydroxylation is 1. The Morgan fingerprint density at radius 1 is 1.28 bits per heavy atom. The quantitative estimate of drug-likeness (QED) is 0.834. The van der Waals surface area contributed by atoms with Crippen LogP contribution in [0.4, 0.5) is 0 Å². The number of para-hydroxylation sites is 2. The second-order valence-electron chi connectivity index (χ2n) is 6.99. The molecule has 0 aliphatic carbocycles. The lowest BCUT2D eigenvalue weighted by Crippen LogP contribution is -2.50. The monoisotopic (exact) mass is 344 g/mol. The van der Waals surface area contributed by atoms with Gasteiger partial charge < -0.3 is 14.2 Å². The Labute approximate surface area is 149 Å². The number of aromatic nitrogens is 2. The normalized spacial score (nSPS) is 21.2. The highest BCUT2D eigenvalue weighted by Gasteiger charge is 2.26. The molecule has 0 spiro atoms. The molecule has 1 aliphatic rings. The second-order valence-corrected chi connectivity index (χ2v) is 6.99. The van der Waals surface area contributed by atoms with E-state index in [9.17, 15) is 4.79 Å². The Bertz CT molecular complexity index is 732. The number of imidazole rings is 1. The number of carbonyl (C=O) groups excluding carboxylic acids is 1. The maximum atomic E-state index is 12.6. The lowest BCUT2D eigenvalue weighted by Gasteiger charge is -2.36. The molecular formula is C19H28N4O2. The number of ether oxygens (including phenoxy) is 1. The lowest BCUT2D eigenvalue weighted by atomic mass is 10.2. The van der Waals surface area contributed by atoms with E-state index in [1.807, 2.05) is 48.9 Å². The van der Waals surface area contributed by atoms with Gasteiger partial charge in [-0.05, 0) is 40.0 Å². The standard InChI is InChI=1S/C19H28N4O2/c1-5-23-17-9-7-6-8-16(17)20-18(23)12-21(4)13-19(24)22-10-14(2)25-15(3)11-22/h6-9,14-15H,5,10-13H2,1-4H3/t14-,15+. The molecule has 0 radical (unpaired) electrons. The van der Waals surface area contributed by atoms with Crippen molar-refractivity contribution in [3.8, 4) is 0 Å². The minimum atomic E-state index is 0.0993. The van der Waals surface area contributed by atoms with Crippen LogP contribution in [0, 0.1) is 0 Å². The number of fused-ring (bicyclic) bond motifs is 1. The number of morpholine rings is 1. The van der Waals surface area contributed by atoms with E-state index in [1.54, 1.807) is 0 Å². The first-order valence-corrected chi connectivity index (χ1v) is 9.03. The lowest BCUT2D eigenvalue weighted by molar-refractivity contribution is -0.144. The molecule has 3 rings (SSSR count). The van der Waals surface area contributed by atoms with Gasteiger partial charge in [-0.3, -0.25) is 9.69 Å². The van der Waals surface area contributed by atoms with E-state index in [0.29, 0.717) is 26.2 Å². The molecule has 2 aromatic rings. The van der Waals surface area contributed by atoms with Crippen LogP contribution in [-0.4, -0.2) is 64.1 Å². The third-order valence-electron chi connectivity index (χ3n) is 4.64. The SMILES string of the molecule is CCn1c(CN(C)CC(=O)N2C[C@@H](C)O[C@@H](C)C2)nc2ccccc21. The van der Waals surface area contributed by atoms with Crippen molar-refractivity contribution < 1.29 is 9.53 Å². The number of carbonyl (C=O) groups is 1. The highest BCUT2D eigenvalue weighted by Crippen LogP contribution is 2.17. The molecule has 25 heavy (non-hydrogen) atoms. The summed E-state index contributed by atoms with van der Waals surface area (Å²) in [6, 6.07) is 8.17. The van der Waals surface area contributed by atoms with Gasteiger partial charge in [0.15, 0.2) is 0 Å². The third-order valence-corrected chi connectivity index (χ3v) is 4.64. The molecule has 2 heterocycles. The van der Waals surface area contributed by atoms with E-state index < -0.39 is 0 Å². The molecule has 1 fully saturated rings. The number of likely N-dealkylation sites (N-methyl/N-ethyl adjacent to an activating group) is 1. The van der Waals surface area contributed by atoms with Gasteiger partial charge in [-0.15, -0.1) is 0 Å². The van der Waals surface area contributed by atoms with Gasteiger partial charge in [-0.25, -0.2) is 4.98 Å². The number of benzene rings is 1. The summed E-state index contributed by atoms with van der Waals surface area (Å²) < 4.78 is 7.93. The van der Waals surface area contributed by atoms with E-state index in [1.165, 1.54) is 0 Å². The zero-order valence-electron chi connectivity index (χ0n) is 15.6. The highest BCUT2D eigenvalue weighted by molar-refractivity contribution is 5.78. The molecule has 1 saturated heterocycles.